The predicted molar refractivity (Wildman–Crippen MR) is 89.2 cm³/mol. The molecule has 5 nitrogen and oxygen atoms in total. The molecule has 2 aromatic heterocycles. The van der Waals surface area contributed by atoms with Crippen molar-refractivity contribution in [1.29, 1.82) is 0 Å². The fourth-order valence-electron chi connectivity index (χ4n) is 4.94. The Balaban J connectivity index is 1.67. The predicted octanol–water partition coefficient (Wildman–Crippen LogP) is 2.47. The van der Waals surface area contributed by atoms with Crippen molar-refractivity contribution in [3.8, 4) is 0 Å². The number of hydrogen-bond acceptors (Lipinski definition) is 4. The monoisotopic (exact) mass is 314 g/mol. The first-order chi connectivity index (χ1) is 11.1. The van der Waals surface area contributed by atoms with Crippen molar-refractivity contribution in [2.24, 2.45) is 5.41 Å². The average molecular weight is 314 g/mol. The lowest BCUT2D eigenvalue weighted by Crippen LogP contribution is -2.39. The number of aryl methyl sites for hydroxylation is 2. The summed E-state index contributed by atoms with van der Waals surface area (Å²) in [6, 6.07) is 3.17. The molecule has 124 valence electrons. The van der Waals surface area contributed by atoms with Crippen molar-refractivity contribution in [3.05, 3.63) is 29.2 Å². The number of fused-ring (bicyclic) bond motifs is 3. The molecule has 3 atom stereocenters. The molecule has 2 aromatic rings. The lowest BCUT2D eigenvalue weighted by atomic mass is 9.72. The SMILES string of the molecule is CC[C@@]1(CO)C[C@@H]2CC[C@H]1N2Cc1cnn2c(C)cc(C)nc12. The van der Waals surface area contributed by atoms with E-state index in [4.69, 9.17) is 4.98 Å². The van der Waals surface area contributed by atoms with Gasteiger partial charge in [-0.25, -0.2) is 9.50 Å². The summed E-state index contributed by atoms with van der Waals surface area (Å²) in [7, 11) is 0. The summed E-state index contributed by atoms with van der Waals surface area (Å²) in [5, 5.41) is 14.5. The molecule has 5 heteroatoms. The molecular formula is C18H26N4O. The average Bonchev–Trinajstić information content (AvgIpc) is 3.20. The molecule has 2 bridgehead atoms. The smallest absolute Gasteiger partial charge is 0.159 e. The maximum atomic E-state index is 9.97. The summed E-state index contributed by atoms with van der Waals surface area (Å²) >= 11 is 0. The normalized spacial score (nSPS) is 30.6. The Morgan fingerprint density at radius 1 is 1.35 bits per heavy atom. The van der Waals surface area contributed by atoms with Crippen LogP contribution in [0.2, 0.25) is 0 Å². The first kappa shape index (κ1) is 15.1. The quantitative estimate of drug-likeness (QED) is 0.942. The van der Waals surface area contributed by atoms with Crippen LogP contribution in [0.15, 0.2) is 12.3 Å². The number of rotatable bonds is 4. The third kappa shape index (κ3) is 2.13. The molecule has 2 aliphatic rings. The summed E-state index contributed by atoms with van der Waals surface area (Å²) < 4.78 is 1.94. The van der Waals surface area contributed by atoms with Gasteiger partial charge in [0.2, 0.25) is 0 Å². The molecule has 23 heavy (non-hydrogen) atoms. The number of aliphatic hydroxyl groups excluding tert-OH is 1. The second-order valence-electron chi connectivity index (χ2n) is 7.44. The van der Waals surface area contributed by atoms with E-state index < -0.39 is 0 Å². The zero-order valence-corrected chi connectivity index (χ0v) is 14.3. The number of aromatic nitrogens is 3. The Morgan fingerprint density at radius 2 is 2.17 bits per heavy atom. The van der Waals surface area contributed by atoms with Gasteiger partial charge in [0.05, 0.1) is 12.8 Å². The van der Waals surface area contributed by atoms with Gasteiger partial charge in [-0.05, 0) is 45.6 Å². The molecular weight excluding hydrogens is 288 g/mol. The van der Waals surface area contributed by atoms with E-state index in [0.29, 0.717) is 18.7 Å². The van der Waals surface area contributed by atoms with Crippen LogP contribution in [0.4, 0.5) is 0 Å². The molecule has 4 rings (SSSR count). The minimum atomic E-state index is 0.102. The fraction of sp³-hybridized carbons (Fsp3) is 0.667. The van der Waals surface area contributed by atoms with Gasteiger partial charge >= 0.3 is 0 Å². The van der Waals surface area contributed by atoms with Crippen molar-refractivity contribution >= 4 is 5.65 Å². The second kappa shape index (κ2) is 5.28. The molecule has 4 heterocycles. The van der Waals surface area contributed by atoms with Crippen molar-refractivity contribution < 1.29 is 5.11 Å². The summed E-state index contributed by atoms with van der Waals surface area (Å²) in [4.78, 5) is 7.32. The van der Waals surface area contributed by atoms with Crippen LogP contribution in [0.5, 0.6) is 0 Å². The molecule has 0 aromatic carbocycles. The zero-order chi connectivity index (χ0) is 16.2. The van der Waals surface area contributed by atoms with Gasteiger partial charge in [-0.15, -0.1) is 0 Å². The first-order valence-corrected chi connectivity index (χ1v) is 8.75. The standard InChI is InChI=1S/C18H26N4O/c1-4-18(11-23)8-15-5-6-16(18)21(15)10-14-9-19-22-13(3)7-12(2)20-17(14)22/h7,9,15-16,23H,4-6,8,10-11H2,1-3H3/t15-,16+,18-/m0/s1. The van der Waals surface area contributed by atoms with Gasteiger partial charge in [0, 0.05) is 41.0 Å². The Bertz CT molecular complexity index is 734. The lowest BCUT2D eigenvalue weighted by Gasteiger charge is -2.35. The van der Waals surface area contributed by atoms with Crippen LogP contribution in [0, 0.1) is 19.3 Å². The van der Waals surface area contributed by atoms with E-state index in [1.165, 1.54) is 18.4 Å². The molecule has 0 amide bonds. The largest absolute Gasteiger partial charge is 0.396 e. The number of hydrogen-bond donors (Lipinski definition) is 1. The van der Waals surface area contributed by atoms with E-state index in [9.17, 15) is 5.11 Å². The molecule has 0 spiro atoms. The molecule has 2 fully saturated rings. The van der Waals surface area contributed by atoms with E-state index in [0.717, 1.165) is 36.4 Å². The fourth-order valence-corrected chi connectivity index (χ4v) is 4.94. The molecule has 0 aliphatic carbocycles. The van der Waals surface area contributed by atoms with Crippen LogP contribution >= 0.6 is 0 Å². The third-order valence-corrected chi connectivity index (χ3v) is 6.21. The van der Waals surface area contributed by atoms with Crippen LogP contribution in [-0.4, -0.2) is 43.3 Å². The third-order valence-electron chi connectivity index (χ3n) is 6.21. The molecule has 0 saturated carbocycles. The highest BCUT2D eigenvalue weighted by Crippen LogP contribution is 2.51. The van der Waals surface area contributed by atoms with Gasteiger partial charge in [0.1, 0.15) is 0 Å². The maximum absolute atomic E-state index is 9.97. The van der Waals surface area contributed by atoms with Crippen molar-refractivity contribution in [1.82, 2.24) is 19.5 Å². The zero-order valence-electron chi connectivity index (χ0n) is 14.3. The van der Waals surface area contributed by atoms with Crippen LogP contribution in [0.1, 0.15) is 49.6 Å². The minimum Gasteiger partial charge on any atom is -0.396 e. The van der Waals surface area contributed by atoms with Gasteiger partial charge in [-0.3, -0.25) is 4.90 Å². The van der Waals surface area contributed by atoms with E-state index in [2.05, 4.69) is 29.9 Å². The highest BCUT2D eigenvalue weighted by molar-refractivity contribution is 5.48. The van der Waals surface area contributed by atoms with E-state index in [1.54, 1.807) is 0 Å². The summed E-state index contributed by atoms with van der Waals surface area (Å²) in [5.41, 5.74) is 4.46. The number of nitrogens with zero attached hydrogens (tertiary/aromatic N) is 4. The van der Waals surface area contributed by atoms with Gasteiger partial charge in [0.25, 0.3) is 0 Å². The summed E-state index contributed by atoms with van der Waals surface area (Å²) in [6.45, 7) is 7.55. The molecule has 1 N–H and O–H groups in total. The Kier molecular flexibility index (Phi) is 3.46. The van der Waals surface area contributed by atoms with Crippen LogP contribution in [0.3, 0.4) is 0 Å². The lowest BCUT2D eigenvalue weighted by molar-refractivity contribution is 0.0714. The number of aliphatic hydroxyl groups is 1. The van der Waals surface area contributed by atoms with Gasteiger partial charge in [-0.1, -0.05) is 6.92 Å². The van der Waals surface area contributed by atoms with Gasteiger partial charge in [0.15, 0.2) is 5.65 Å². The van der Waals surface area contributed by atoms with Gasteiger partial charge in [-0.2, -0.15) is 5.10 Å². The molecule has 2 saturated heterocycles. The Hall–Kier alpha value is -1.46. The Morgan fingerprint density at radius 3 is 2.87 bits per heavy atom. The van der Waals surface area contributed by atoms with Crippen molar-refractivity contribution in [2.75, 3.05) is 6.61 Å². The van der Waals surface area contributed by atoms with E-state index >= 15 is 0 Å². The molecule has 0 radical (unpaired) electrons. The van der Waals surface area contributed by atoms with Crippen molar-refractivity contribution in [3.63, 3.8) is 0 Å². The summed E-state index contributed by atoms with van der Waals surface area (Å²) in [6.07, 6.45) is 6.64. The maximum Gasteiger partial charge on any atom is 0.159 e. The highest BCUT2D eigenvalue weighted by Gasteiger charge is 2.54. The van der Waals surface area contributed by atoms with E-state index in [1.807, 2.05) is 17.6 Å². The Labute approximate surface area is 137 Å². The molecule has 2 aliphatic heterocycles. The van der Waals surface area contributed by atoms with Crippen molar-refractivity contribution in [2.45, 2.75) is 65.1 Å². The van der Waals surface area contributed by atoms with Crippen LogP contribution < -0.4 is 0 Å². The molecule has 0 unspecified atom stereocenters. The van der Waals surface area contributed by atoms with E-state index in [-0.39, 0.29) is 5.41 Å². The topological polar surface area (TPSA) is 53.7 Å². The second-order valence-corrected chi connectivity index (χ2v) is 7.44. The first-order valence-electron chi connectivity index (χ1n) is 8.75. The minimum absolute atomic E-state index is 0.102. The van der Waals surface area contributed by atoms with Crippen LogP contribution in [-0.2, 0) is 6.54 Å². The summed E-state index contributed by atoms with van der Waals surface area (Å²) in [5.74, 6) is 0. The van der Waals surface area contributed by atoms with Gasteiger partial charge < -0.3 is 5.11 Å². The van der Waals surface area contributed by atoms with Crippen LogP contribution in [0.25, 0.3) is 5.65 Å². The highest BCUT2D eigenvalue weighted by atomic mass is 16.3.